The van der Waals surface area contributed by atoms with Crippen molar-refractivity contribution in [2.24, 2.45) is 0 Å². The molecule has 3 amide bonds. The molecule has 0 atom stereocenters. The molecule has 8 nitrogen and oxygen atoms in total. The first-order chi connectivity index (χ1) is 15.5. The second kappa shape index (κ2) is 11.1. The maximum Gasteiger partial charge on any atom is 0.269 e. The van der Waals surface area contributed by atoms with E-state index in [1.165, 1.54) is 24.3 Å². The van der Waals surface area contributed by atoms with Crippen LogP contribution in [0.3, 0.4) is 0 Å². The summed E-state index contributed by atoms with van der Waals surface area (Å²) in [7, 11) is 0. The van der Waals surface area contributed by atoms with E-state index < -0.39 is 17.6 Å². The van der Waals surface area contributed by atoms with Crippen LogP contribution in [-0.4, -0.2) is 48.9 Å². The molecule has 9 heteroatoms. The molecule has 3 rings (SSSR count). The van der Waals surface area contributed by atoms with Gasteiger partial charge in [-0.15, -0.1) is 0 Å². The zero-order valence-corrected chi connectivity index (χ0v) is 17.9. The quantitative estimate of drug-likeness (QED) is 0.642. The summed E-state index contributed by atoms with van der Waals surface area (Å²) < 4.78 is 24.2. The third kappa shape index (κ3) is 6.19. The predicted octanol–water partition coefficient (Wildman–Crippen LogP) is 2.69. The average Bonchev–Trinajstić information content (AvgIpc) is 2.82. The lowest BCUT2D eigenvalue weighted by atomic mass is 10.1. The van der Waals surface area contributed by atoms with E-state index in [-0.39, 0.29) is 23.6 Å². The topological polar surface area (TPSA) is 97.0 Å². The van der Waals surface area contributed by atoms with Crippen LogP contribution in [-0.2, 0) is 4.79 Å². The van der Waals surface area contributed by atoms with Gasteiger partial charge in [-0.3, -0.25) is 25.2 Å². The molecule has 1 heterocycles. The number of hydrogen-bond donors (Lipinski definition) is 2. The van der Waals surface area contributed by atoms with Crippen molar-refractivity contribution in [1.29, 1.82) is 0 Å². The van der Waals surface area contributed by atoms with Crippen LogP contribution >= 0.6 is 0 Å². The third-order valence-electron chi connectivity index (χ3n) is 4.96. The summed E-state index contributed by atoms with van der Waals surface area (Å²) >= 11 is 0. The number of hydrogen-bond acceptors (Lipinski definition) is 5. The van der Waals surface area contributed by atoms with Crippen LogP contribution < -0.4 is 20.3 Å². The van der Waals surface area contributed by atoms with Gasteiger partial charge in [0.1, 0.15) is 5.82 Å². The lowest BCUT2D eigenvalue weighted by Gasteiger charge is -2.26. The summed E-state index contributed by atoms with van der Waals surface area (Å²) in [5, 5.41) is 0. The van der Waals surface area contributed by atoms with Crippen molar-refractivity contribution in [3.63, 3.8) is 0 Å². The number of nitrogens with one attached hydrogen (secondary N) is 2. The zero-order valence-electron chi connectivity index (χ0n) is 17.9. The summed E-state index contributed by atoms with van der Waals surface area (Å²) in [6, 6.07) is 9.44. The normalized spacial score (nSPS) is 13.2. The first-order valence-corrected chi connectivity index (χ1v) is 10.5. The molecule has 32 heavy (non-hydrogen) atoms. The average molecular weight is 443 g/mol. The van der Waals surface area contributed by atoms with Gasteiger partial charge in [0.05, 0.1) is 6.61 Å². The number of rotatable bonds is 7. The van der Waals surface area contributed by atoms with Gasteiger partial charge in [-0.2, -0.15) is 0 Å². The van der Waals surface area contributed by atoms with Crippen molar-refractivity contribution in [2.45, 2.75) is 26.2 Å². The van der Waals surface area contributed by atoms with E-state index >= 15 is 0 Å². The van der Waals surface area contributed by atoms with Crippen molar-refractivity contribution in [3.05, 3.63) is 59.4 Å². The van der Waals surface area contributed by atoms with Gasteiger partial charge in [0.2, 0.25) is 0 Å². The second-order valence-corrected chi connectivity index (χ2v) is 7.24. The number of likely N-dealkylation sites (tertiary alicyclic amines) is 1. The van der Waals surface area contributed by atoms with Crippen LogP contribution in [0, 0.1) is 5.82 Å². The molecule has 0 bridgehead atoms. The molecular formula is C23H26FN3O5. The summed E-state index contributed by atoms with van der Waals surface area (Å²) in [4.78, 5) is 38.6. The number of halogens is 1. The molecule has 1 aliphatic rings. The predicted molar refractivity (Wildman–Crippen MR) is 115 cm³/mol. The minimum absolute atomic E-state index is 0.0857. The van der Waals surface area contributed by atoms with Crippen LogP contribution in [0.4, 0.5) is 4.39 Å². The van der Waals surface area contributed by atoms with Gasteiger partial charge < -0.3 is 14.4 Å². The highest BCUT2D eigenvalue weighted by atomic mass is 19.1. The van der Waals surface area contributed by atoms with Crippen LogP contribution in [0.2, 0.25) is 0 Å². The van der Waals surface area contributed by atoms with Crippen LogP contribution in [0.5, 0.6) is 11.5 Å². The highest BCUT2D eigenvalue weighted by Crippen LogP contribution is 2.28. The summed E-state index contributed by atoms with van der Waals surface area (Å²) in [6.45, 7) is 3.49. The summed E-state index contributed by atoms with van der Waals surface area (Å²) in [5.41, 5.74) is 5.00. The monoisotopic (exact) mass is 443 g/mol. The van der Waals surface area contributed by atoms with E-state index in [9.17, 15) is 18.8 Å². The lowest BCUT2D eigenvalue weighted by Crippen LogP contribution is -2.41. The molecule has 2 N–H and O–H groups in total. The fraction of sp³-hybridized carbons (Fsp3) is 0.348. The molecule has 170 valence electrons. The Hall–Kier alpha value is -3.62. The third-order valence-corrected chi connectivity index (χ3v) is 4.96. The molecule has 0 radical (unpaired) electrons. The van der Waals surface area contributed by atoms with E-state index in [2.05, 4.69) is 10.9 Å². The lowest BCUT2D eigenvalue weighted by molar-refractivity contribution is -0.134. The summed E-state index contributed by atoms with van der Waals surface area (Å²) in [6.07, 6.45) is 3.13. The maximum absolute atomic E-state index is 13.0. The molecule has 0 saturated carbocycles. The smallest absolute Gasteiger partial charge is 0.269 e. The summed E-state index contributed by atoms with van der Waals surface area (Å²) in [5.74, 6) is -1.04. The molecule has 0 aliphatic carbocycles. The van der Waals surface area contributed by atoms with Crippen LogP contribution in [0.25, 0.3) is 0 Å². The van der Waals surface area contributed by atoms with Crippen molar-refractivity contribution < 1.29 is 28.2 Å². The SMILES string of the molecule is CCOc1cc(C(=O)NNC(=O)c2ccc(F)cc2)ccc1OCC(=O)N1CCCCC1. The van der Waals surface area contributed by atoms with Gasteiger partial charge in [-0.05, 0) is 68.7 Å². The highest BCUT2D eigenvalue weighted by molar-refractivity contribution is 5.99. The van der Waals surface area contributed by atoms with Gasteiger partial charge in [0.15, 0.2) is 18.1 Å². The number of carbonyl (C=O) groups excluding carboxylic acids is 3. The minimum atomic E-state index is -0.584. The number of hydrazine groups is 1. The molecule has 1 fully saturated rings. The molecule has 1 saturated heterocycles. The Kier molecular flexibility index (Phi) is 8.02. The van der Waals surface area contributed by atoms with Crippen molar-refractivity contribution in [2.75, 3.05) is 26.3 Å². The molecule has 0 unspecified atom stereocenters. The van der Waals surface area contributed by atoms with E-state index in [0.717, 1.165) is 44.5 Å². The van der Waals surface area contributed by atoms with Gasteiger partial charge >= 0.3 is 0 Å². The number of nitrogens with zero attached hydrogens (tertiary/aromatic N) is 1. The first kappa shape index (κ1) is 23.1. The Bertz CT molecular complexity index is 959. The second-order valence-electron chi connectivity index (χ2n) is 7.24. The van der Waals surface area contributed by atoms with Crippen molar-refractivity contribution in [3.8, 4) is 11.5 Å². The number of ether oxygens (including phenoxy) is 2. The Morgan fingerprint density at radius 3 is 2.16 bits per heavy atom. The number of piperidine rings is 1. The van der Waals surface area contributed by atoms with Gasteiger partial charge in [-0.25, -0.2) is 4.39 Å². The highest BCUT2D eigenvalue weighted by Gasteiger charge is 2.18. The first-order valence-electron chi connectivity index (χ1n) is 10.5. The van der Waals surface area contributed by atoms with E-state index in [4.69, 9.17) is 9.47 Å². The Balaban J connectivity index is 1.59. The van der Waals surface area contributed by atoms with Crippen molar-refractivity contribution in [1.82, 2.24) is 15.8 Å². The van der Waals surface area contributed by atoms with E-state index in [1.807, 2.05) is 0 Å². The number of carbonyl (C=O) groups is 3. The van der Waals surface area contributed by atoms with Crippen molar-refractivity contribution >= 4 is 17.7 Å². The number of amides is 3. The molecular weight excluding hydrogens is 417 g/mol. The molecule has 0 spiro atoms. The Labute approximate surface area is 185 Å². The van der Waals surface area contributed by atoms with Gasteiger partial charge in [0, 0.05) is 24.2 Å². The molecule has 0 aromatic heterocycles. The van der Waals surface area contributed by atoms with Gasteiger partial charge in [-0.1, -0.05) is 0 Å². The van der Waals surface area contributed by atoms with Gasteiger partial charge in [0.25, 0.3) is 17.7 Å². The van der Waals surface area contributed by atoms with E-state index in [1.54, 1.807) is 17.9 Å². The van der Waals surface area contributed by atoms with E-state index in [0.29, 0.717) is 18.1 Å². The minimum Gasteiger partial charge on any atom is -0.490 e. The molecule has 2 aromatic rings. The fourth-order valence-corrected chi connectivity index (χ4v) is 3.27. The number of benzene rings is 2. The largest absolute Gasteiger partial charge is 0.490 e. The maximum atomic E-state index is 13.0. The standard InChI is InChI=1S/C23H26FN3O5/c1-2-31-20-14-17(23(30)26-25-22(29)16-6-9-18(24)10-7-16)8-11-19(20)32-15-21(28)27-12-4-3-5-13-27/h6-11,14H,2-5,12-13,15H2,1H3,(H,25,29)(H,26,30). The molecule has 1 aliphatic heterocycles. The Morgan fingerprint density at radius 1 is 0.875 bits per heavy atom. The molecule has 2 aromatic carbocycles. The van der Waals surface area contributed by atoms with Crippen LogP contribution in [0.1, 0.15) is 46.9 Å². The Morgan fingerprint density at radius 2 is 1.50 bits per heavy atom. The zero-order chi connectivity index (χ0) is 22.9. The van der Waals surface area contributed by atoms with Crippen LogP contribution in [0.15, 0.2) is 42.5 Å². The fourth-order valence-electron chi connectivity index (χ4n) is 3.27.